The van der Waals surface area contributed by atoms with Crippen molar-refractivity contribution in [2.45, 2.75) is 51.7 Å². The fourth-order valence-corrected chi connectivity index (χ4v) is 2.94. The zero-order valence-electron chi connectivity index (χ0n) is 10.9. The van der Waals surface area contributed by atoms with Crippen molar-refractivity contribution in [3.8, 4) is 0 Å². The van der Waals surface area contributed by atoms with Crippen LogP contribution in [0.4, 0.5) is 0 Å². The molecule has 17 heavy (non-hydrogen) atoms. The first-order valence-corrected chi connectivity index (χ1v) is 6.69. The Bertz CT molecular complexity index is 295. The molecule has 0 radical (unpaired) electrons. The minimum atomic E-state index is -0.358. The summed E-state index contributed by atoms with van der Waals surface area (Å²) in [5.41, 5.74) is 5.68. The highest BCUT2D eigenvalue weighted by Crippen LogP contribution is 2.36. The van der Waals surface area contributed by atoms with Gasteiger partial charge in [0.1, 0.15) is 0 Å². The molecule has 0 aromatic carbocycles. The molecule has 1 heterocycles. The monoisotopic (exact) mass is 240 g/mol. The molecule has 4 nitrogen and oxygen atoms in total. The van der Waals surface area contributed by atoms with Gasteiger partial charge in [-0.15, -0.1) is 0 Å². The average Bonchev–Trinajstić information content (AvgIpc) is 2.84. The lowest BCUT2D eigenvalue weighted by molar-refractivity contribution is -0.130. The van der Waals surface area contributed by atoms with Crippen molar-refractivity contribution < 1.29 is 9.53 Å². The van der Waals surface area contributed by atoms with Gasteiger partial charge in [0.15, 0.2) is 0 Å². The number of nitrogens with one attached hydrogen (secondary N) is 1. The molecule has 1 saturated heterocycles. The van der Waals surface area contributed by atoms with Crippen molar-refractivity contribution in [1.29, 1.82) is 0 Å². The van der Waals surface area contributed by atoms with E-state index in [1.54, 1.807) is 0 Å². The number of ether oxygens (including phenoxy) is 1. The van der Waals surface area contributed by atoms with E-state index in [-0.39, 0.29) is 23.5 Å². The van der Waals surface area contributed by atoms with Crippen LogP contribution in [-0.2, 0) is 9.53 Å². The molecule has 0 aromatic rings. The molecule has 2 rings (SSSR count). The zero-order valence-corrected chi connectivity index (χ0v) is 10.9. The third-order valence-corrected chi connectivity index (χ3v) is 4.61. The van der Waals surface area contributed by atoms with Crippen LogP contribution in [0.25, 0.3) is 0 Å². The van der Waals surface area contributed by atoms with E-state index in [0.717, 1.165) is 38.8 Å². The molecule has 0 spiro atoms. The Morgan fingerprint density at radius 1 is 1.53 bits per heavy atom. The Hall–Kier alpha value is -0.610. The van der Waals surface area contributed by atoms with Gasteiger partial charge >= 0.3 is 0 Å². The molecule has 98 valence electrons. The number of nitrogens with two attached hydrogens (primary N) is 1. The van der Waals surface area contributed by atoms with Gasteiger partial charge in [0.2, 0.25) is 5.91 Å². The van der Waals surface area contributed by atoms with Crippen LogP contribution in [0, 0.1) is 11.3 Å². The summed E-state index contributed by atoms with van der Waals surface area (Å²) in [6, 6.07) is 0.0137. The molecule has 2 aliphatic rings. The van der Waals surface area contributed by atoms with Crippen molar-refractivity contribution in [2.24, 2.45) is 17.1 Å². The SMILES string of the molecule is CC1OCCC1CNC(=O)C1(C)CCCC1N. The van der Waals surface area contributed by atoms with Gasteiger partial charge in [0.25, 0.3) is 0 Å². The standard InChI is InChI=1S/C13H24N2O2/c1-9-10(5-7-17-9)8-15-12(16)13(2)6-3-4-11(13)14/h9-11H,3-8,14H2,1-2H3,(H,15,16). The highest BCUT2D eigenvalue weighted by molar-refractivity contribution is 5.83. The maximum atomic E-state index is 12.2. The predicted molar refractivity (Wildman–Crippen MR) is 66.5 cm³/mol. The van der Waals surface area contributed by atoms with Crippen molar-refractivity contribution in [3.05, 3.63) is 0 Å². The summed E-state index contributed by atoms with van der Waals surface area (Å²) in [5.74, 6) is 0.585. The van der Waals surface area contributed by atoms with Gasteiger partial charge < -0.3 is 15.8 Å². The van der Waals surface area contributed by atoms with Crippen molar-refractivity contribution >= 4 is 5.91 Å². The van der Waals surface area contributed by atoms with E-state index < -0.39 is 0 Å². The van der Waals surface area contributed by atoms with E-state index in [2.05, 4.69) is 12.2 Å². The van der Waals surface area contributed by atoms with E-state index in [0.29, 0.717) is 5.92 Å². The van der Waals surface area contributed by atoms with Gasteiger partial charge in [0, 0.05) is 25.1 Å². The fourth-order valence-electron chi connectivity index (χ4n) is 2.94. The van der Waals surface area contributed by atoms with Crippen molar-refractivity contribution in [1.82, 2.24) is 5.32 Å². The molecule has 4 unspecified atom stereocenters. The second-order valence-corrected chi connectivity index (χ2v) is 5.75. The largest absolute Gasteiger partial charge is 0.378 e. The van der Waals surface area contributed by atoms with Crippen LogP contribution in [0.3, 0.4) is 0 Å². The van der Waals surface area contributed by atoms with Crippen LogP contribution < -0.4 is 11.1 Å². The van der Waals surface area contributed by atoms with E-state index in [4.69, 9.17) is 10.5 Å². The van der Waals surface area contributed by atoms with Gasteiger partial charge in [-0.1, -0.05) is 6.42 Å². The number of carbonyl (C=O) groups excluding carboxylic acids is 1. The summed E-state index contributed by atoms with van der Waals surface area (Å²) in [4.78, 5) is 12.2. The van der Waals surface area contributed by atoms with Crippen LogP contribution in [0.2, 0.25) is 0 Å². The molecule has 4 heteroatoms. The minimum Gasteiger partial charge on any atom is -0.378 e. The summed E-state index contributed by atoms with van der Waals surface area (Å²) < 4.78 is 5.49. The van der Waals surface area contributed by atoms with E-state index in [1.165, 1.54) is 0 Å². The van der Waals surface area contributed by atoms with Crippen LogP contribution in [0.1, 0.15) is 39.5 Å². The van der Waals surface area contributed by atoms with Crippen LogP contribution in [-0.4, -0.2) is 31.2 Å². The van der Waals surface area contributed by atoms with E-state index in [1.807, 2.05) is 6.92 Å². The smallest absolute Gasteiger partial charge is 0.227 e. The van der Waals surface area contributed by atoms with Crippen LogP contribution in [0.5, 0.6) is 0 Å². The Kier molecular flexibility index (Phi) is 3.73. The topological polar surface area (TPSA) is 64.3 Å². The molecule has 1 aliphatic heterocycles. The van der Waals surface area contributed by atoms with E-state index in [9.17, 15) is 4.79 Å². The predicted octanol–water partition coefficient (Wildman–Crippen LogP) is 1.05. The molecular formula is C13H24N2O2. The first-order valence-electron chi connectivity index (χ1n) is 6.69. The number of amides is 1. The zero-order chi connectivity index (χ0) is 12.5. The lowest BCUT2D eigenvalue weighted by Gasteiger charge is -2.28. The maximum absolute atomic E-state index is 12.2. The Labute approximate surface area is 103 Å². The van der Waals surface area contributed by atoms with Crippen molar-refractivity contribution in [3.63, 3.8) is 0 Å². The third-order valence-electron chi connectivity index (χ3n) is 4.61. The Balaban J connectivity index is 1.84. The van der Waals surface area contributed by atoms with E-state index >= 15 is 0 Å². The van der Waals surface area contributed by atoms with Gasteiger partial charge in [-0.2, -0.15) is 0 Å². The molecule has 2 fully saturated rings. The molecule has 3 N–H and O–H groups in total. The lowest BCUT2D eigenvalue weighted by atomic mass is 9.84. The Morgan fingerprint density at radius 3 is 2.82 bits per heavy atom. The summed E-state index contributed by atoms with van der Waals surface area (Å²) in [7, 11) is 0. The normalized spacial score (nSPS) is 41.7. The quantitative estimate of drug-likeness (QED) is 0.775. The summed E-state index contributed by atoms with van der Waals surface area (Å²) in [5, 5.41) is 3.07. The number of rotatable bonds is 3. The molecule has 1 saturated carbocycles. The molecule has 0 bridgehead atoms. The third kappa shape index (κ3) is 2.47. The fraction of sp³-hybridized carbons (Fsp3) is 0.923. The molecule has 1 amide bonds. The van der Waals surface area contributed by atoms with Gasteiger partial charge in [-0.05, 0) is 33.1 Å². The molecule has 0 aromatic heterocycles. The number of carbonyl (C=O) groups is 1. The minimum absolute atomic E-state index is 0.0137. The first-order chi connectivity index (χ1) is 8.04. The van der Waals surface area contributed by atoms with Crippen LogP contribution in [0.15, 0.2) is 0 Å². The molecule has 1 aliphatic carbocycles. The molecule has 4 atom stereocenters. The summed E-state index contributed by atoms with van der Waals surface area (Å²) in [6.07, 6.45) is 4.25. The summed E-state index contributed by atoms with van der Waals surface area (Å²) >= 11 is 0. The number of hydrogen-bond acceptors (Lipinski definition) is 3. The van der Waals surface area contributed by atoms with Crippen LogP contribution >= 0.6 is 0 Å². The lowest BCUT2D eigenvalue weighted by Crippen LogP contribution is -2.48. The maximum Gasteiger partial charge on any atom is 0.227 e. The van der Waals surface area contributed by atoms with Gasteiger partial charge in [-0.3, -0.25) is 4.79 Å². The number of hydrogen-bond donors (Lipinski definition) is 2. The second-order valence-electron chi connectivity index (χ2n) is 5.75. The Morgan fingerprint density at radius 2 is 2.29 bits per heavy atom. The average molecular weight is 240 g/mol. The summed E-state index contributed by atoms with van der Waals surface area (Å²) in [6.45, 7) is 5.61. The highest BCUT2D eigenvalue weighted by atomic mass is 16.5. The van der Waals surface area contributed by atoms with Gasteiger partial charge in [0.05, 0.1) is 11.5 Å². The van der Waals surface area contributed by atoms with Crippen molar-refractivity contribution in [2.75, 3.05) is 13.2 Å². The van der Waals surface area contributed by atoms with Gasteiger partial charge in [-0.25, -0.2) is 0 Å². The second kappa shape index (κ2) is 4.94. The highest BCUT2D eigenvalue weighted by Gasteiger charge is 2.43. The first kappa shape index (κ1) is 12.8. The molecular weight excluding hydrogens is 216 g/mol.